The number of carbonyl (C=O) groups excluding carboxylic acids is 4. The van der Waals surface area contributed by atoms with Crippen LogP contribution in [-0.4, -0.2) is 122 Å². The highest BCUT2D eigenvalue weighted by molar-refractivity contribution is 5.93. The predicted molar refractivity (Wildman–Crippen MR) is 171 cm³/mol. The van der Waals surface area contributed by atoms with Crippen molar-refractivity contribution in [1.29, 1.82) is 0 Å². The summed E-state index contributed by atoms with van der Waals surface area (Å²) in [5.41, 5.74) is -5.66. The van der Waals surface area contributed by atoms with Crippen molar-refractivity contribution in [3.63, 3.8) is 0 Å². The summed E-state index contributed by atoms with van der Waals surface area (Å²) in [6.45, 7) is -4.07. The number of benzene rings is 4. The zero-order valence-corrected chi connectivity index (χ0v) is 26.9. The van der Waals surface area contributed by atoms with Crippen molar-refractivity contribution in [2.45, 2.75) is 11.7 Å². The van der Waals surface area contributed by atoms with Crippen molar-refractivity contribution in [2.24, 2.45) is 0 Å². The summed E-state index contributed by atoms with van der Waals surface area (Å²) in [6, 6.07) is 4.99. The second-order valence-corrected chi connectivity index (χ2v) is 11.2. The first-order valence-corrected chi connectivity index (χ1v) is 14.7. The normalized spacial score (nSPS) is 11.6. The van der Waals surface area contributed by atoms with Gasteiger partial charge in [-0.15, -0.1) is 0 Å². The monoisotopic (exact) mass is 760 g/mol. The van der Waals surface area contributed by atoms with Gasteiger partial charge in [-0.05, 0) is 48.5 Å². The van der Waals surface area contributed by atoms with Gasteiger partial charge >= 0.3 is 23.9 Å². The molecule has 4 rings (SSSR count). The minimum Gasteiger partial charge on any atom is -0.504 e. The fraction of sp³-hybridized carbons (Fsp3) is 0.152. The number of hydrogen-bond acceptors (Lipinski definition) is 21. The molecule has 0 aliphatic rings. The van der Waals surface area contributed by atoms with Gasteiger partial charge in [-0.2, -0.15) is 0 Å². The van der Waals surface area contributed by atoms with Crippen molar-refractivity contribution < 1.29 is 105 Å². The molecule has 0 bridgehead atoms. The molecule has 0 aliphatic carbocycles. The van der Waals surface area contributed by atoms with E-state index < -0.39 is 147 Å². The van der Waals surface area contributed by atoms with Crippen LogP contribution in [0.1, 0.15) is 41.4 Å². The van der Waals surface area contributed by atoms with Crippen LogP contribution in [0.5, 0.6) is 69.0 Å². The van der Waals surface area contributed by atoms with Crippen LogP contribution in [-0.2, 0) is 18.9 Å². The molecule has 0 spiro atoms. The first kappa shape index (κ1) is 39.1. The number of hydrogen-bond donors (Lipinski definition) is 13. The third-order valence-corrected chi connectivity index (χ3v) is 7.34. The van der Waals surface area contributed by atoms with Crippen molar-refractivity contribution in [2.75, 3.05) is 19.8 Å². The van der Waals surface area contributed by atoms with Crippen LogP contribution in [0.2, 0.25) is 0 Å². The molecule has 0 amide bonds. The summed E-state index contributed by atoms with van der Waals surface area (Å²) in [6.07, 6.45) is -2.34. The number of carbonyl (C=O) groups is 4. The lowest BCUT2D eigenvalue weighted by molar-refractivity contribution is -0.150. The number of aromatic hydroxyl groups is 12. The van der Waals surface area contributed by atoms with Gasteiger partial charge in [0.25, 0.3) is 0 Å². The summed E-state index contributed by atoms with van der Waals surface area (Å²) < 4.78 is 20.5. The molecule has 0 saturated heterocycles. The molecule has 21 heteroatoms. The van der Waals surface area contributed by atoms with Crippen molar-refractivity contribution in [1.82, 2.24) is 0 Å². The van der Waals surface area contributed by atoms with Crippen LogP contribution < -0.4 is 0 Å². The Morgan fingerprint density at radius 3 is 0.944 bits per heavy atom. The molecule has 0 saturated carbocycles. The molecule has 21 nitrogen and oxygen atoms in total. The highest BCUT2D eigenvalue weighted by atomic mass is 16.6. The zero-order chi connectivity index (χ0) is 40.2. The number of esters is 4. The van der Waals surface area contributed by atoms with E-state index in [4.69, 9.17) is 18.9 Å². The first-order valence-electron chi connectivity index (χ1n) is 14.7. The molecule has 4 aromatic carbocycles. The van der Waals surface area contributed by atoms with Crippen LogP contribution in [0.3, 0.4) is 0 Å². The van der Waals surface area contributed by atoms with Gasteiger partial charge in [-0.1, -0.05) is 0 Å². The molecule has 1 atom stereocenters. The summed E-state index contributed by atoms with van der Waals surface area (Å²) in [5.74, 6) is -18.0. The average Bonchev–Trinajstić information content (AvgIpc) is 3.12. The first-order chi connectivity index (χ1) is 25.2. The van der Waals surface area contributed by atoms with Crippen LogP contribution in [0.4, 0.5) is 0 Å². The quantitative estimate of drug-likeness (QED) is 0.0543. The predicted octanol–water partition coefficient (Wildman–Crippen LogP) is 0.981. The third-order valence-electron chi connectivity index (χ3n) is 7.34. The van der Waals surface area contributed by atoms with E-state index in [0.717, 1.165) is 0 Å². The van der Waals surface area contributed by atoms with Gasteiger partial charge in [0, 0.05) is 0 Å². The minimum atomic E-state index is -3.04. The summed E-state index contributed by atoms with van der Waals surface area (Å²) in [5, 5.41) is 129. The topological polar surface area (TPSA) is 368 Å². The maximum Gasteiger partial charge on any atom is 0.338 e. The largest absolute Gasteiger partial charge is 0.504 e. The Labute approximate surface area is 299 Å². The minimum absolute atomic E-state index is 0.592. The average molecular weight is 761 g/mol. The Hall–Kier alpha value is -7.68. The van der Waals surface area contributed by atoms with Gasteiger partial charge in [0.2, 0.25) is 0 Å². The van der Waals surface area contributed by atoms with Crippen LogP contribution in [0.25, 0.3) is 0 Å². The molecule has 286 valence electrons. The van der Waals surface area contributed by atoms with E-state index in [0.29, 0.717) is 48.5 Å². The summed E-state index contributed by atoms with van der Waals surface area (Å²) >= 11 is 0. The maximum atomic E-state index is 13.2. The number of phenols is 12. The number of ether oxygens (including phenoxy) is 4. The van der Waals surface area contributed by atoms with Gasteiger partial charge in [-0.25, -0.2) is 19.2 Å². The Kier molecular flexibility index (Phi) is 11.1. The number of rotatable bonds is 12. The number of phenolic OH excluding ortho intramolecular Hbond substituents is 12. The van der Waals surface area contributed by atoms with E-state index in [9.17, 15) is 85.6 Å². The second kappa shape index (κ2) is 15.3. The molecule has 4 aromatic rings. The van der Waals surface area contributed by atoms with Crippen molar-refractivity contribution in [3.8, 4) is 69.0 Å². The molecule has 54 heavy (non-hydrogen) atoms. The lowest BCUT2D eigenvalue weighted by Gasteiger charge is -2.34. The fourth-order valence-electron chi connectivity index (χ4n) is 4.39. The van der Waals surface area contributed by atoms with Crippen LogP contribution in [0, 0.1) is 0 Å². The molecule has 0 fully saturated rings. The maximum absolute atomic E-state index is 13.2. The Balaban J connectivity index is 1.74. The van der Waals surface area contributed by atoms with E-state index in [1.165, 1.54) is 0 Å². The van der Waals surface area contributed by atoms with E-state index >= 15 is 0 Å². The molecule has 13 N–H and O–H groups in total. The second-order valence-electron chi connectivity index (χ2n) is 11.2. The molecule has 0 aromatic heterocycles. The van der Waals surface area contributed by atoms with E-state index in [2.05, 4.69) is 0 Å². The van der Waals surface area contributed by atoms with E-state index in [1.54, 1.807) is 0 Å². The van der Waals surface area contributed by atoms with Gasteiger partial charge < -0.3 is 85.3 Å². The molecule has 0 aliphatic heterocycles. The van der Waals surface area contributed by atoms with Gasteiger partial charge in [0.05, 0.1) is 22.3 Å². The van der Waals surface area contributed by atoms with Crippen LogP contribution >= 0.6 is 0 Å². The van der Waals surface area contributed by atoms with E-state index in [1.807, 2.05) is 0 Å². The third kappa shape index (κ3) is 8.43. The highest BCUT2D eigenvalue weighted by Crippen LogP contribution is 2.39. The lowest BCUT2D eigenvalue weighted by atomic mass is 9.98. The van der Waals surface area contributed by atoms with Crippen molar-refractivity contribution in [3.05, 3.63) is 70.8 Å². The smallest absolute Gasteiger partial charge is 0.338 e. The fourth-order valence-corrected chi connectivity index (χ4v) is 4.39. The molecular formula is C33H28O21. The Morgan fingerprint density at radius 1 is 0.426 bits per heavy atom. The number of aliphatic hydroxyl groups is 1. The molecule has 0 radical (unpaired) electrons. The van der Waals surface area contributed by atoms with Gasteiger partial charge in [0.15, 0.2) is 80.7 Å². The van der Waals surface area contributed by atoms with Crippen molar-refractivity contribution >= 4 is 23.9 Å². The Morgan fingerprint density at radius 2 is 0.667 bits per heavy atom. The van der Waals surface area contributed by atoms with Gasteiger partial charge in [-0.3, -0.25) is 0 Å². The SMILES string of the molecule is O=C(OC[C@H](OC(=O)c1cc(O)c(O)c(O)c1)C(O)(COC(=O)c1cc(O)c(O)c(O)c1)COC(=O)c1cc(O)c(O)c(O)c1)c1cc(O)c(O)c(O)c1. The zero-order valence-electron chi connectivity index (χ0n) is 26.9. The van der Waals surface area contributed by atoms with E-state index in [-0.39, 0.29) is 0 Å². The highest BCUT2D eigenvalue weighted by Gasteiger charge is 2.45. The standard InChI is InChI=1S/C33H28O21/c34-16-1-12(2-17(35)25(16)42)29(46)51-9-24(54-32(49)15-7-22(40)28(45)23(41)8-15)33(50,10-52-30(47)13-3-18(36)26(43)19(37)4-13)11-53-31(48)14-5-20(38)27(44)21(39)6-14/h1-8,24,34-45,50H,9-11H2/t24-/m0/s1. The molecular weight excluding hydrogens is 732 g/mol. The Bertz CT molecular complexity index is 1980. The lowest BCUT2D eigenvalue weighted by Crippen LogP contribution is -2.55. The molecule has 0 heterocycles. The summed E-state index contributed by atoms with van der Waals surface area (Å²) in [7, 11) is 0. The van der Waals surface area contributed by atoms with Gasteiger partial charge in [0.1, 0.15) is 19.8 Å². The summed E-state index contributed by atoms with van der Waals surface area (Å²) in [4.78, 5) is 52.0. The molecule has 0 unspecified atom stereocenters. The van der Waals surface area contributed by atoms with Crippen LogP contribution in [0.15, 0.2) is 48.5 Å².